The molecule has 0 spiro atoms. The van der Waals surface area contributed by atoms with E-state index >= 15 is 0 Å². The maximum atomic E-state index is 12.8. The number of hydrogen-bond donors (Lipinski definition) is 0. The second-order valence-corrected chi connectivity index (χ2v) is 19.2. The number of rotatable bonds is 52. The van der Waals surface area contributed by atoms with E-state index in [1.54, 1.807) is 0 Å². The molecular formula is C61H108O6. The van der Waals surface area contributed by atoms with Crippen LogP contribution in [0.25, 0.3) is 0 Å². The molecule has 0 aliphatic heterocycles. The van der Waals surface area contributed by atoms with Gasteiger partial charge in [0.2, 0.25) is 0 Å². The van der Waals surface area contributed by atoms with E-state index in [1.165, 1.54) is 161 Å². The van der Waals surface area contributed by atoms with Crippen LogP contribution < -0.4 is 0 Å². The van der Waals surface area contributed by atoms with Crippen molar-refractivity contribution in [3.8, 4) is 0 Å². The van der Waals surface area contributed by atoms with E-state index < -0.39 is 6.10 Å². The Bertz CT molecular complexity index is 1210. The highest BCUT2D eigenvalue weighted by molar-refractivity contribution is 5.71. The van der Waals surface area contributed by atoms with Crippen LogP contribution in [-0.2, 0) is 28.6 Å². The molecule has 0 heterocycles. The predicted octanol–water partition coefficient (Wildman–Crippen LogP) is 19.2. The largest absolute Gasteiger partial charge is 0.462 e. The van der Waals surface area contributed by atoms with E-state index in [0.29, 0.717) is 19.3 Å². The first-order chi connectivity index (χ1) is 33.0. The topological polar surface area (TPSA) is 78.9 Å². The van der Waals surface area contributed by atoms with Crippen molar-refractivity contribution in [2.75, 3.05) is 13.2 Å². The Morgan fingerprint density at radius 2 is 0.582 bits per heavy atom. The molecule has 0 aromatic heterocycles. The highest BCUT2D eigenvalue weighted by atomic mass is 16.6. The van der Waals surface area contributed by atoms with E-state index in [1.807, 2.05) is 0 Å². The number of carbonyl (C=O) groups excluding carboxylic acids is 3. The zero-order valence-electron chi connectivity index (χ0n) is 44.4. The lowest BCUT2D eigenvalue weighted by atomic mass is 10.0. The van der Waals surface area contributed by atoms with E-state index in [9.17, 15) is 14.4 Å². The van der Waals surface area contributed by atoms with Crippen molar-refractivity contribution in [3.05, 3.63) is 60.8 Å². The van der Waals surface area contributed by atoms with Gasteiger partial charge in [-0.2, -0.15) is 0 Å². The molecule has 67 heavy (non-hydrogen) atoms. The molecule has 0 saturated heterocycles. The molecule has 0 N–H and O–H groups in total. The first-order valence-electron chi connectivity index (χ1n) is 28.8. The summed E-state index contributed by atoms with van der Waals surface area (Å²) in [6.45, 7) is 6.49. The molecule has 0 saturated carbocycles. The minimum atomic E-state index is -0.776. The fourth-order valence-electron chi connectivity index (χ4n) is 8.19. The van der Waals surface area contributed by atoms with E-state index in [-0.39, 0.29) is 31.1 Å². The molecule has 388 valence electrons. The molecule has 0 radical (unpaired) electrons. The van der Waals surface area contributed by atoms with E-state index in [2.05, 4.69) is 81.5 Å². The first kappa shape index (κ1) is 64.1. The number of esters is 3. The van der Waals surface area contributed by atoms with Crippen molar-refractivity contribution in [1.29, 1.82) is 0 Å². The fourth-order valence-corrected chi connectivity index (χ4v) is 8.19. The van der Waals surface area contributed by atoms with Crippen LogP contribution in [0.2, 0.25) is 0 Å². The third kappa shape index (κ3) is 53.9. The Labute approximate surface area is 415 Å². The molecule has 0 aliphatic rings. The monoisotopic (exact) mass is 937 g/mol. The van der Waals surface area contributed by atoms with Gasteiger partial charge >= 0.3 is 17.9 Å². The van der Waals surface area contributed by atoms with Crippen molar-refractivity contribution < 1.29 is 28.6 Å². The van der Waals surface area contributed by atoms with Crippen molar-refractivity contribution in [2.24, 2.45) is 0 Å². The Balaban J connectivity index is 4.15. The van der Waals surface area contributed by atoms with Gasteiger partial charge in [-0.05, 0) is 83.5 Å². The third-order valence-corrected chi connectivity index (χ3v) is 12.5. The lowest BCUT2D eigenvalue weighted by Crippen LogP contribution is -2.30. The van der Waals surface area contributed by atoms with Gasteiger partial charge < -0.3 is 14.2 Å². The van der Waals surface area contributed by atoms with Crippen LogP contribution in [0, 0.1) is 0 Å². The minimum absolute atomic E-state index is 0.0768. The molecular weight excluding hydrogens is 829 g/mol. The Hall–Kier alpha value is -2.89. The van der Waals surface area contributed by atoms with Crippen molar-refractivity contribution >= 4 is 17.9 Å². The second kappa shape index (κ2) is 55.7. The Morgan fingerprint density at radius 3 is 0.910 bits per heavy atom. The number of hydrogen-bond acceptors (Lipinski definition) is 6. The molecule has 1 unspecified atom stereocenters. The summed E-state index contributed by atoms with van der Waals surface area (Å²) in [6, 6.07) is 0. The van der Waals surface area contributed by atoms with Crippen LogP contribution in [0.15, 0.2) is 60.8 Å². The fraction of sp³-hybridized carbons (Fsp3) is 0.787. The lowest BCUT2D eigenvalue weighted by molar-refractivity contribution is -0.167. The van der Waals surface area contributed by atoms with E-state index in [4.69, 9.17) is 14.2 Å². The molecule has 0 aromatic rings. The maximum absolute atomic E-state index is 12.8. The van der Waals surface area contributed by atoms with Gasteiger partial charge in [0.25, 0.3) is 0 Å². The molecule has 0 aliphatic carbocycles. The normalized spacial score (nSPS) is 12.5. The summed E-state index contributed by atoms with van der Waals surface area (Å²) in [4.78, 5) is 37.9. The summed E-state index contributed by atoms with van der Waals surface area (Å²) in [5, 5.41) is 0. The van der Waals surface area contributed by atoms with Crippen molar-refractivity contribution in [2.45, 2.75) is 297 Å². The molecule has 0 amide bonds. The SMILES string of the molecule is CC/C=C\C/C=C\C/C=C\CCCCCCCCCC(=O)OC(COC(=O)CCCCCCCCC)COC(=O)CCCCCCCCCCCCCCC/C=C\C/C=C\CCCCCCC. The van der Waals surface area contributed by atoms with E-state index in [0.717, 1.165) is 89.9 Å². The predicted molar refractivity (Wildman–Crippen MR) is 288 cm³/mol. The standard InChI is InChI=1S/C61H108O6/c1-4-7-10-13-16-18-20-22-24-26-27-28-29-30-31-32-33-35-36-38-40-42-45-48-51-54-60(63)66-57-58(56-65-59(62)53-50-47-44-15-12-9-6-3)67-61(64)55-52-49-46-43-41-39-37-34-25-23-21-19-17-14-11-8-5-2/h8,11,17,19-20,22-23,25-27,58H,4-7,9-10,12-16,18,21,24,28-57H2,1-3H3/b11-8-,19-17-,22-20-,25-23-,27-26-. The zero-order chi connectivity index (χ0) is 48.6. The molecule has 6 nitrogen and oxygen atoms in total. The van der Waals surface area contributed by atoms with Crippen LogP contribution in [0.1, 0.15) is 290 Å². The second-order valence-electron chi connectivity index (χ2n) is 19.2. The quantitative estimate of drug-likeness (QED) is 0.0262. The summed E-state index contributed by atoms with van der Waals surface area (Å²) in [5.74, 6) is -0.885. The van der Waals surface area contributed by atoms with Crippen LogP contribution >= 0.6 is 0 Å². The van der Waals surface area contributed by atoms with Gasteiger partial charge in [0.05, 0.1) is 0 Å². The third-order valence-electron chi connectivity index (χ3n) is 12.5. The molecule has 0 aromatic carbocycles. The Morgan fingerprint density at radius 1 is 0.313 bits per heavy atom. The van der Waals surface area contributed by atoms with Gasteiger partial charge in [-0.25, -0.2) is 0 Å². The summed E-state index contributed by atoms with van der Waals surface area (Å²) < 4.78 is 16.8. The van der Waals surface area contributed by atoms with Gasteiger partial charge in [-0.15, -0.1) is 0 Å². The first-order valence-corrected chi connectivity index (χ1v) is 28.8. The molecule has 1 atom stereocenters. The van der Waals surface area contributed by atoms with Gasteiger partial charge in [0, 0.05) is 19.3 Å². The summed E-state index contributed by atoms with van der Waals surface area (Å²) in [5.41, 5.74) is 0. The molecule has 0 rings (SSSR count). The van der Waals surface area contributed by atoms with Crippen molar-refractivity contribution in [1.82, 2.24) is 0 Å². The van der Waals surface area contributed by atoms with Crippen LogP contribution in [0.5, 0.6) is 0 Å². The number of carbonyl (C=O) groups is 3. The smallest absolute Gasteiger partial charge is 0.306 e. The highest BCUT2D eigenvalue weighted by Gasteiger charge is 2.19. The number of unbranched alkanes of at least 4 members (excludes halogenated alkanes) is 31. The van der Waals surface area contributed by atoms with Gasteiger partial charge in [-0.1, -0.05) is 248 Å². The summed E-state index contributed by atoms with van der Waals surface area (Å²) >= 11 is 0. The average Bonchev–Trinajstić information content (AvgIpc) is 3.33. The van der Waals surface area contributed by atoms with Crippen LogP contribution in [0.4, 0.5) is 0 Å². The highest BCUT2D eigenvalue weighted by Crippen LogP contribution is 2.16. The maximum Gasteiger partial charge on any atom is 0.306 e. The summed E-state index contributed by atoms with van der Waals surface area (Å²) in [6.07, 6.45) is 69.5. The van der Waals surface area contributed by atoms with Crippen LogP contribution in [0.3, 0.4) is 0 Å². The minimum Gasteiger partial charge on any atom is -0.462 e. The number of allylic oxidation sites excluding steroid dienone is 10. The van der Waals surface area contributed by atoms with Gasteiger partial charge in [-0.3, -0.25) is 14.4 Å². The van der Waals surface area contributed by atoms with Gasteiger partial charge in [0.15, 0.2) is 6.10 Å². The zero-order valence-corrected chi connectivity index (χ0v) is 44.4. The molecule has 0 fully saturated rings. The number of ether oxygens (including phenoxy) is 3. The Kier molecular flexibility index (Phi) is 53.3. The van der Waals surface area contributed by atoms with Crippen LogP contribution in [-0.4, -0.2) is 37.2 Å². The molecule has 6 heteroatoms. The van der Waals surface area contributed by atoms with Gasteiger partial charge in [0.1, 0.15) is 13.2 Å². The summed E-state index contributed by atoms with van der Waals surface area (Å²) in [7, 11) is 0. The van der Waals surface area contributed by atoms with Crippen molar-refractivity contribution in [3.63, 3.8) is 0 Å². The lowest BCUT2D eigenvalue weighted by Gasteiger charge is -2.18. The molecule has 0 bridgehead atoms. The average molecular weight is 938 g/mol.